The predicted molar refractivity (Wildman–Crippen MR) is 56.5 cm³/mol. The summed E-state index contributed by atoms with van der Waals surface area (Å²) in [6, 6.07) is 0. The van der Waals surface area contributed by atoms with Gasteiger partial charge in [0.15, 0.2) is 6.29 Å². The molecule has 0 saturated carbocycles. The molecule has 0 unspecified atom stereocenters. The highest BCUT2D eigenvalue weighted by molar-refractivity contribution is 4.91. The molecule has 0 bridgehead atoms. The summed E-state index contributed by atoms with van der Waals surface area (Å²) in [5.41, 5.74) is 0. The van der Waals surface area contributed by atoms with E-state index in [2.05, 4.69) is 16.5 Å². The van der Waals surface area contributed by atoms with Crippen LogP contribution in [-0.4, -0.2) is 29.1 Å². The Kier molecular flexibility index (Phi) is 3.75. The summed E-state index contributed by atoms with van der Waals surface area (Å²) >= 11 is 0. The van der Waals surface area contributed by atoms with Gasteiger partial charge >= 0.3 is 0 Å². The Labute approximate surface area is 90.2 Å². The second kappa shape index (κ2) is 5.28. The quantitative estimate of drug-likeness (QED) is 0.757. The summed E-state index contributed by atoms with van der Waals surface area (Å²) in [7, 11) is 0. The van der Waals surface area contributed by atoms with Gasteiger partial charge in [0, 0.05) is 31.8 Å². The molecule has 15 heavy (non-hydrogen) atoms. The Bertz CT molecular complexity index is 293. The molecule has 1 aromatic heterocycles. The third-order valence-corrected chi connectivity index (χ3v) is 2.62. The molecule has 1 saturated heterocycles. The van der Waals surface area contributed by atoms with E-state index in [0.717, 1.165) is 44.8 Å². The molecular weight excluding hydrogens is 192 g/mol. The first-order valence-corrected chi connectivity index (χ1v) is 5.63. The fraction of sp³-hybridized carbons (Fsp3) is 0.727. The van der Waals surface area contributed by atoms with Crippen LogP contribution in [0.1, 0.15) is 25.6 Å². The molecule has 1 fully saturated rings. The van der Waals surface area contributed by atoms with E-state index in [4.69, 9.17) is 9.47 Å². The number of aromatic nitrogens is 2. The van der Waals surface area contributed by atoms with Crippen LogP contribution in [0.4, 0.5) is 0 Å². The SMILES string of the molecule is CCc1nccn1CCC1OCCCO1. The van der Waals surface area contributed by atoms with Gasteiger partial charge in [0.2, 0.25) is 0 Å². The molecule has 0 aliphatic carbocycles. The van der Waals surface area contributed by atoms with E-state index in [-0.39, 0.29) is 6.29 Å². The smallest absolute Gasteiger partial charge is 0.159 e. The Balaban J connectivity index is 1.81. The van der Waals surface area contributed by atoms with Crippen molar-refractivity contribution in [3.63, 3.8) is 0 Å². The van der Waals surface area contributed by atoms with Gasteiger partial charge in [-0.3, -0.25) is 0 Å². The van der Waals surface area contributed by atoms with Crippen molar-refractivity contribution < 1.29 is 9.47 Å². The Morgan fingerprint density at radius 2 is 2.27 bits per heavy atom. The first-order valence-electron chi connectivity index (χ1n) is 5.63. The molecule has 0 radical (unpaired) electrons. The lowest BCUT2D eigenvalue weighted by atomic mass is 10.3. The lowest BCUT2D eigenvalue weighted by molar-refractivity contribution is -0.182. The topological polar surface area (TPSA) is 36.3 Å². The number of ether oxygens (including phenoxy) is 2. The van der Waals surface area contributed by atoms with Gasteiger partial charge in [-0.2, -0.15) is 0 Å². The lowest BCUT2D eigenvalue weighted by Gasteiger charge is -2.23. The molecular formula is C11H18N2O2. The summed E-state index contributed by atoms with van der Waals surface area (Å²) in [5, 5.41) is 0. The summed E-state index contributed by atoms with van der Waals surface area (Å²) in [6.45, 7) is 4.70. The summed E-state index contributed by atoms with van der Waals surface area (Å²) < 4.78 is 13.2. The maximum absolute atomic E-state index is 5.49. The van der Waals surface area contributed by atoms with Crippen molar-refractivity contribution in [1.29, 1.82) is 0 Å². The summed E-state index contributed by atoms with van der Waals surface area (Å²) in [6.07, 6.45) is 6.74. The first-order chi connectivity index (χ1) is 7.40. The minimum Gasteiger partial charge on any atom is -0.353 e. The van der Waals surface area contributed by atoms with Gasteiger partial charge in [0.05, 0.1) is 13.2 Å². The van der Waals surface area contributed by atoms with Gasteiger partial charge in [-0.15, -0.1) is 0 Å². The van der Waals surface area contributed by atoms with Crippen LogP contribution in [0.25, 0.3) is 0 Å². The number of rotatable bonds is 4. The van der Waals surface area contributed by atoms with Crippen molar-refractivity contribution in [3.8, 4) is 0 Å². The maximum Gasteiger partial charge on any atom is 0.159 e. The van der Waals surface area contributed by atoms with Crippen LogP contribution in [0.5, 0.6) is 0 Å². The highest BCUT2D eigenvalue weighted by Gasteiger charge is 2.14. The van der Waals surface area contributed by atoms with Gasteiger partial charge in [-0.25, -0.2) is 4.98 Å². The minimum absolute atomic E-state index is 0.0224. The standard InChI is InChI=1S/C11H18N2O2/c1-2-10-12-5-7-13(10)6-4-11-14-8-3-9-15-11/h5,7,11H,2-4,6,8-9H2,1H3. The van der Waals surface area contributed by atoms with Crippen molar-refractivity contribution in [2.45, 2.75) is 39.0 Å². The predicted octanol–water partition coefficient (Wildman–Crippen LogP) is 1.60. The van der Waals surface area contributed by atoms with E-state index in [9.17, 15) is 0 Å². The van der Waals surface area contributed by atoms with Gasteiger partial charge in [0.25, 0.3) is 0 Å². The third-order valence-electron chi connectivity index (χ3n) is 2.62. The fourth-order valence-electron chi connectivity index (χ4n) is 1.81. The van der Waals surface area contributed by atoms with Crippen LogP contribution >= 0.6 is 0 Å². The lowest BCUT2D eigenvalue weighted by Crippen LogP contribution is -2.26. The molecule has 84 valence electrons. The average Bonchev–Trinajstić information content (AvgIpc) is 2.75. The van der Waals surface area contributed by atoms with Crippen molar-refractivity contribution in [2.24, 2.45) is 0 Å². The monoisotopic (exact) mass is 210 g/mol. The molecule has 0 spiro atoms. The van der Waals surface area contributed by atoms with Gasteiger partial charge in [0.1, 0.15) is 5.82 Å². The molecule has 2 heterocycles. The minimum atomic E-state index is -0.0224. The van der Waals surface area contributed by atoms with Crippen molar-refractivity contribution in [1.82, 2.24) is 9.55 Å². The molecule has 0 N–H and O–H groups in total. The maximum atomic E-state index is 5.49. The number of aryl methyl sites for hydroxylation is 2. The molecule has 4 heteroatoms. The van der Waals surface area contributed by atoms with Crippen molar-refractivity contribution >= 4 is 0 Å². The highest BCUT2D eigenvalue weighted by atomic mass is 16.7. The van der Waals surface area contributed by atoms with Crippen LogP contribution in [-0.2, 0) is 22.4 Å². The van der Waals surface area contributed by atoms with E-state index in [0.29, 0.717) is 0 Å². The number of imidazole rings is 1. The molecule has 0 amide bonds. The van der Waals surface area contributed by atoms with E-state index < -0.39 is 0 Å². The van der Waals surface area contributed by atoms with E-state index in [1.165, 1.54) is 0 Å². The number of nitrogens with zero attached hydrogens (tertiary/aromatic N) is 2. The van der Waals surface area contributed by atoms with Gasteiger partial charge in [-0.1, -0.05) is 6.92 Å². The van der Waals surface area contributed by atoms with E-state index in [1.807, 2.05) is 12.4 Å². The van der Waals surface area contributed by atoms with Crippen molar-refractivity contribution in [3.05, 3.63) is 18.2 Å². The van der Waals surface area contributed by atoms with Crippen molar-refractivity contribution in [2.75, 3.05) is 13.2 Å². The molecule has 0 atom stereocenters. The van der Waals surface area contributed by atoms with Crippen LogP contribution in [0.3, 0.4) is 0 Å². The van der Waals surface area contributed by atoms with Crippen LogP contribution in [0, 0.1) is 0 Å². The average molecular weight is 210 g/mol. The highest BCUT2D eigenvalue weighted by Crippen LogP contribution is 2.10. The second-order valence-electron chi connectivity index (χ2n) is 3.70. The molecule has 1 aliphatic rings. The molecule has 2 rings (SSSR count). The summed E-state index contributed by atoms with van der Waals surface area (Å²) in [5.74, 6) is 1.13. The zero-order chi connectivity index (χ0) is 10.5. The van der Waals surface area contributed by atoms with Crippen LogP contribution in [0.15, 0.2) is 12.4 Å². The fourth-order valence-corrected chi connectivity index (χ4v) is 1.81. The van der Waals surface area contributed by atoms with Gasteiger partial charge < -0.3 is 14.0 Å². The number of hydrogen-bond acceptors (Lipinski definition) is 3. The van der Waals surface area contributed by atoms with E-state index >= 15 is 0 Å². The first kappa shape index (κ1) is 10.6. The normalized spacial score (nSPS) is 18.2. The Morgan fingerprint density at radius 1 is 1.47 bits per heavy atom. The zero-order valence-electron chi connectivity index (χ0n) is 9.19. The zero-order valence-corrected chi connectivity index (χ0v) is 9.19. The van der Waals surface area contributed by atoms with Crippen LogP contribution in [0.2, 0.25) is 0 Å². The number of hydrogen-bond donors (Lipinski definition) is 0. The van der Waals surface area contributed by atoms with E-state index in [1.54, 1.807) is 0 Å². The summed E-state index contributed by atoms with van der Waals surface area (Å²) in [4.78, 5) is 4.28. The molecule has 0 aromatic carbocycles. The van der Waals surface area contributed by atoms with Crippen LogP contribution < -0.4 is 0 Å². The second-order valence-corrected chi connectivity index (χ2v) is 3.70. The Morgan fingerprint density at radius 3 is 3.00 bits per heavy atom. The molecule has 4 nitrogen and oxygen atoms in total. The Hall–Kier alpha value is -0.870. The largest absolute Gasteiger partial charge is 0.353 e. The molecule has 1 aromatic rings. The van der Waals surface area contributed by atoms with Gasteiger partial charge in [-0.05, 0) is 6.42 Å². The molecule has 1 aliphatic heterocycles. The third kappa shape index (κ3) is 2.79.